The zero-order chi connectivity index (χ0) is 17.2. The van der Waals surface area contributed by atoms with E-state index in [1.54, 1.807) is 20.8 Å². The molecule has 8 heteroatoms. The molecule has 124 valence electrons. The highest BCUT2D eigenvalue weighted by Gasteiger charge is 2.20. The number of nitrogens with zero attached hydrogens (tertiary/aromatic N) is 1. The summed E-state index contributed by atoms with van der Waals surface area (Å²) in [5.41, 5.74) is 6.00. The van der Waals surface area contributed by atoms with Gasteiger partial charge >= 0.3 is 6.09 Å². The van der Waals surface area contributed by atoms with Gasteiger partial charge in [-0.25, -0.2) is 4.79 Å². The van der Waals surface area contributed by atoms with Crippen molar-refractivity contribution in [3.05, 3.63) is 18.3 Å². The molecule has 0 radical (unpaired) electrons. The van der Waals surface area contributed by atoms with Crippen LogP contribution in [0.25, 0.3) is 11.3 Å². The zero-order valence-electron chi connectivity index (χ0n) is 13.3. The molecule has 8 nitrogen and oxygen atoms in total. The molecule has 0 atom stereocenters. The number of aromatic nitrogens is 1. The monoisotopic (exact) mass is 321 g/mol. The van der Waals surface area contributed by atoms with Gasteiger partial charge in [-0.2, -0.15) is 0 Å². The molecule has 0 aliphatic carbocycles. The summed E-state index contributed by atoms with van der Waals surface area (Å²) in [7, 11) is 1.39. The molecule has 1 aromatic heterocycles. The fourth-order valence-electron chi connectivity index (χ4n) is 1.87. The fourth-order valence-corrected chi connectivity index (χ4v) is 1.87. The first kappa shape index (κ1) is 16.5. The predicted octanol–water partition coefficient (Wildman–Crippen LogP) is 2.99. The normalized spacial score (nSPS) is 11.1. The Hall–Kier alpha value is -2.90. The third kappa shape index (κ3) is 3.85. The highest BCUT2D eigenvalue weighted by molar-refractivity contribution is 5.90. The lowest BCUT2D eigenvalue weighted by molar-refractivity contribution is 0.0635. The highest BCUT2D eigenvalue weighted by Crippen LogP contribution is 2.40. The van der Waals surface area contributed by atoms with Gasteiger partial charge in [-0.05, 0) is 32.9 Å². The molecular formula is C15H19N3O5. The summed E-state index contributed by atoms with van der Waals surface area (Å²) in [6.07, 6.45) is 0.646. The molecule has 4 N–H and O–H groups in total. The van der Waals surface area contributed by atoms with Crippen LogP contribution in [-0.2, 0) is 4.74 Å². The van der Waals surface area contributed by atoms with E-state index in [1.165, 1.54) is 25.4 Å². The smallest absolute Gasteiger partial charge is 0.412 e. The van der Waals surface area contributed by atoms with Gasteiger partial charge in [-0.15, -0.1) is 0 Å². The van der Waals surface area contributed by atoms with Gasteiger partial charge in [0.25, 0.3) is 0 Å². The molecule has 2 rings (SSSR count). The number of rotatable bonds is 3. The Balaban J connectivity index is 2.39. The van der Waals surface area contributed by atoms with Crippen molar-refractivity contribution in [2.75, 3.05) is 18.2 Å². The number of nitrogen functional groups attached to an aromatic ring is 1. The number of nitrogens with two attached hydrogens (primary N) is 1. The Morgan fingerprint density at radius 3 is 2.61 bits per heavy atom. The number of amides is 1. The van der Waals surface area contributed by atoms with Crippen LogP contribution in [0.5, 0.6) is 11.5 Å². The van der Waals surface area contributed by atoms with Gasteiger partial charge < -0.3 is 24.8 Å². The van der Waals surface area contributed by atoms with E-state index in [0.29, 0.717) is 17.0 Å². The van der Waals surface area contributed by atoms with Crippen LogP contribution in [0.1, 0.15) is 20.8 Å². The number of hydrogen-bond acceptors (Lipinski definition) is 7. The Morgan fingerprint density at radius 1 is 1.39 bits per heavy atom. The summed E-state index contributed by atoms with van der Waals surface area (Å²) in [5.74, 6) is 0.208. The van der Waals surface area contributed by atoms with Crippen LogP contribution in [0.2, 0.25) is 0 Å². The van der Waals surface area contributed by atoms with E-state index in [2.05, 4.69) is 10.5 Å². The topological polar surface area (TPSA) is 120 Å². The second-order valence-electron chi connectivity index (χ2n) is 5.81. The molecular weight excluding hydrogens is 302 g/mol. The molecule has 23 heavy (non-hydrogen) atoms. The number of benzene rings is 1. The van der Waals surface area contributed by atoms with E-state index in [4.69, 9.17) is 19.7 Å². The van der Waals surface area contributed by atoms with Gasteiger partial charge in [0.1, 0.15) is 11.3 Å². The van der Waals surface area contributed by atoms with Gasteiger partial charge in [-0.1, -0.05) is 5.16 Å². The van der Waals surface area contributed by atoms with Gasteiger partial charge in [0, 0.05) is 5.56 Å². The Kier molecular flexibility index (Phi) is 4.35. The molecule has 0 aliphatic heterocycles. The lowest BCUT2D eigenvalue weighted by atomic mass is 10.1. The Morgan fingerprint density at radius 2 is 2.09 bits per heavy atom. The third-order valence-electron chi connectivity index (χ3n) is 2.79. The number of anilines is 2. The number of carbonyl (C=O) groups excluding carboxylic acids is 1. The van der Waals surface area contributed by atoms with Crippen molar-refractivity contribution in [2.24, 2.45) is 0 Å². The summed E-state index contributed by atoms with van der Waals surface area (Å²) < 4.78 is 15.3. The van der Waals surface area contributed by atoms with Crippen molar-refractivity contribution in [1.29, 1.82) is 0 Å². The molecule has 1 amide bonds. The highest BCUT2D eigenvalue weighted by atomic mass is 16.6. The first-order chi connectivity index (χ1) is 10.7. The minimum atomic E-state index is -0.711. The fraction of sp³-hybridized carbons (Fsp3) is 0.333. The van der Waals surface area contributed by atoms with Crippen LogP contribution < -0.4 is 15.8 Å². The van der Waals surface area contributed by atoms with Gasteiger partial charge in [0.2, 0.25) is 0 Å². The summed E-state index contributed by atoms with van der Waals surface area (Å²) in [5, 5.41) is 16.2. The number of hydrogen-bond donors (Lipinski definition) is 3. The summed E-state index contributed by atoms with van der Waals surface area (Å²) >= 11 is 0. The van der Waals surface area contributed by atoms with Crippen molar-refractivity contribution in [1.82, 2.24) is 5.16 Å². The molecule has 1 aromatic carbocycles. The van der Waals surface area contributed by atoms with Crippen molar-refractivity contribution in [2.45, 2.75) is 26.4 Å². The average Bonchev–Trinajstić information content (AvgIpc) is 2.85. The second kappa shape index (κ2) is 6.07. The summed E-state index contributed by atoms with van der Waals surface area (Å²) in [6.45, 7) is 5.20. The van der Waals surface area contributed by atoms with Crippen molar-refractivity contribution in [3.8, 4) is 22.8 Å². The van der Waals surface area contributed by atoms with E-state index < -0.39 is 11.7 Å². The maximum Gasteiger partial charge on any atom is 0.412 e. The standard InChI is InChI=1S/C15H19N3O5/c1-15(2,3)22-14(20)18-10-5-8(6-11(21-4)12(10)19)13-9(16)7-17-23-13/h5-7,19H,16H2,1-4H3,(H,18,20). The predicted molar refractivity (Wildman–Crippen MR) is 84.4 cm³/mol. The number of carbonyl (C=O) groups is 1. The number of phenolic OH excluding ortho intramolecular Hbond substituents is 1. The van der Waals surface area contributed by atoms with Crippen LogP contribution >= 0.6 is 0 Å². The first-order valence-corrected chi connectivity index (χ1v) is 6.83. The third-order valence-corrected chi connectivity index (χ3v) is 2.79. The molecule has 0 unspecified atom stereocenters. The molecule has 2 aromatic rings. The Labute approximate surface area is 133 Å². The number of nitrogens with one attached hydrogen (secondary N) is 1. The minimum absolute atomic E-state index is 0.101. The quantitative estimate of drug-likeness (QED) is 0.743. The summed E-state index contributed by atoms with van der Waals surface area (Å²) in [6, 6.07) is 3.01. The lowest BCUT2D eigenvalue weighted by Crippen LogP contribution is -2.27. The number of aromatic hydroxyl groups is 1. The van der Waals surface area contributed by atoms with Crippen LogP contribution in [-0.4, -0.2) is 29.1 Å². The summed E-state index contributed by atoms with van der Waals surface area (Å²) in [4.78, 5) is 11.9. The van der Waals surface area contributed by atoms with Crippen LogP contribution in [0, 0.1) is 0 Å². The molecule has 1 heterocycles. The van der Waals surface area contributed by atoms with Crippen molar-refractivity contribution < 1.29 is 23.9 Å². The SMILES string of the molecule is COc1cc(-c2oncc2N)cc(NC(=O)OC(C)(C)C)c1O. The van der Waals surface area contributed by atoms with Crippen molar-refractivity contribution >= 4 is 17.5 Å². The van der Waals surface area contributed by atoms with E-state index in [9.17, 15) is 9.90 Å². The lowest BCUT2D eigenvalue weighted by Gasteiger charge is -2.20. The first-order valence-electron chi connectivity index (χ1n) is 6.83. The van der Waals surface area contributed by atoms with Gasteiger partial charge in [0.05, 0.1) is 19.0 Å². The molecule has 0 aliphatic rings. The maximum absolute atomic E-state index is 11.9. The minimum Gasteiger partial charge on any atom is -0.503 e. The van der Waals surface area contributed by atoms with Crippen LogP contribution in [0.4, 0.5) is 16.2 Å². The number of ether oxygens (including phenoxy) is 2. The Bertz CT molecular complexity index is 718. The molecule has 0 spiro atoms. The largest absolute Gasteiger partial charge is 0.503 e. The number of phenols is 1. The van der Waals surface area contributed by atoms with Crippen LogP contribution in [0.3, 0.4) is 0 Å². The maximum atomic E-state index is 11.9. The molecule has 0 saturated carbocycles. The van der Waals surface area contributed by atoms with E-state index in [0.717, 1.165) is 0 Å². The van der Waals surface area contributed by atoms with E-state index >= 15 is 0 Å². The second-order valence-corrected chi connectivity index (χ2v) is 5.81. The average molecular weight is 321 g/mol. The van der Waals surface area contributed by atoms with E-state index in [-0.39, 0.29) is 17.2 Å². The van der Waals surface area contributed by atoms with E-state index in [1.807, 2.05) is 0 Å². The molecule has 0 saturated heterocycles. The van der Waals surface area contributed by atoms with Crippen LogP contribution in [0.15, 0.2) is 22.9 Å². The number of methoxy groups -OCH3 is 1. The van der Waals surface area contributed by atoms with Gasteiger partial charge in [-0.3, -0.25) is 5.32 Å². The zero-order valence-corrected chi connectivity index (χ0v) is 13.3. The van der Waals surface area contributed by atoms with Gasteiger partial charge in [0.15, 0.2) is 17.3 Å². The van der Waals surface area contributed by atoms with Crippen molar-refractivity contribution in [3.63, 3.8) is 0 Å². The molecule has 0 fully saturated rings. The molecule has 0 bridgehead atoms.